The Hall–Kier alpha value is -1.50. The third-order valence-corrected chi connectivity index (χ3v) is 4.43. The van der Waals surface area contributed by atoms with Crippen molar-refractivity contribution >= 4 is 48.9 Å². The van der Waals surface area contributed by atoms with Crippen LogP contribution in [0.4, 0.5) is 0 Å². The molecule has 0 spiro atoms. The van der Waals surface area contributed by atoms with Crippen LogP contribution in [0, 0.1) is 5.92 Å². The quantitative estimate of drug-likeness (QED) is 0.173. The lowest BCUT2D eigenvalue weighted by atomic mass is 10.0. The van der Waals surface area contributed by atoms with E-state index >= 15 is 0 Å². The predicted molar refractivity (Wildman–Crippen MR) is 106 cm³/mol. The van der Waals surface area contributed by atoms with E-state index in [1.807, 2.05) is 0 Å². The number of carbonyl (C=O) groups excluding carboxylic acids is 3. The first kappa shape index (κ1) is 25.5. The molecular weight excluding hydrogens is 396 g/mol. The number of aliphatic hydroxyl groups excluding tert-OH is 1. The average molecular weight is 425 g/mol. The van der Waals surface area contributed by atoms with Crippen LogP contribution < -0.4 is 21.7 Å². The molecule has 0 fully saturated rings. The zero-order valence-electron chi connectivity index (χ0n) is 15.4. The van der Waals surface area contributed by atoms with E-state index in [4.69, 9.17) is 10.8 Å². The molecule has 0 aliphatic rings. The number of thiol groups is 2. The van der Waals surface area contributed by atoms with Crippen molar-refractivity contribution in [3.8, 4) is 0 Å². The molecule has 0 radical (unpaired) electrons. The van der Waals surface area contributed by atoms with Crippen LogP contribution in [0.15, 0.2) is 0 Å². The minimum Gasteiger partial charge on any atom is -0.480 e. The van der Waals surface area contributed by atoms with Crippen molar-refractivity contribution in [2.45, 2.75) is 51.0 Å². The molecule has 12 heteroatoms. The molecule has 0 aromatic rings. The van der Waals surface area contributed by atoms with Gasteiger partial charge in [0.1, 0.15) is 18.1 Å². The number of carboxylic acid groups (broad SMARTS) is 1. The Kier molecular flexibility index (Phi) is 11.4. The molecule has 156 valence electrons. The number of hydrogen-bond donors (Lipinski definition) is 8. The van der Waals surface area contributed by atoms with E-state index in [9.17, 15) is 24.3 Å². The van der Waals surface area contributed by atoms with Crippen LogP contribution in [0.2, 0.25) is 0 Å². The molecule has 7 N–H and O–H groups in total. The van der Waals surface area contributed by atoms with Crippen LogP contribution >= 0.6 is 25.3 Å². The van der Waals surface area contributed by atoms with Crippen molar-refractivity contribution < 1.29 is 29.4 Å². The van der Waals surface area contributed by atoms with Gasteiger partial charge in [0.25, 0.3) is 0 Å². The number of rotatable bonds is 11. The second-order valence-corrected chi connectivity index (χ2v) is 7.05. The SMILES string of the molecule is CC(C)C(N)C(=O)NC(C(=O)NC(CS)C(=O)NC(CS)C(=O)O)C(C)O. The molecule has 10 nitrogen and oxygen atoms in total. The molecule has 0 bridgehead atoms. The lowest BCUT2D eigenvalue weighted by Gasteiger charge is -2.26. The summed E-state index contributed by atoms with van der Waals surface area (Å²) in [7, 11) is 0. The molecule has 0 aromatic carbocycles. The third-order valence-electron chi connectivity index (χ3n) is 3.70. The highest BCUT2D eigenvalue weighted by molar-refractivity contribution is 7.80. The lowest BCUT2D eigenvalue weighted by Crippen LogP contribution is -2.60. The van der Waals surface area contributed by atoms with Crippen molar-refractivity contribution in [3.63, 3.8) is 0 Å². The predicted octanol–water partition coefficient (Wildman–Crippen LogP) is -2.25. The Morgan fingerprint density at radius 1 is 0.889 bits per heavy atom. The summed E-state index contributed by atoms with van der Waals surface area (Å²) in [5.74, 6) is -3.99. The molecule has 0 aliphatic carbocycles. The molecule has 5 atom stereocenters. The summed E-state index contributed by atoms with van der Waals surface area (Å²) in [6.45, 7) is 4.75. The van der Waals surface area contributed by atoms with Crippen molar-refractivity contribution in [2.24, 2.45) is 11.7 Å². The summed E-state index contributed by atoms with van der Waals surface area (Å²) >= 11 is 7.81. The minimum absolute atomic E-state index is 0.136. The summed E-state index contributed by atoms with van der Waals surface area (Å²) in [4.78, 5) is 47.6. The van der Waals surface area contributed by atoms with E-state index in [-0.39, 0.29) is 17.4 Å². The lowest BCUT2D eigenvalue weighted by molar-refractivity contribution is -0.141. The van der Waals surface area contributed by atoms with Crippen molar-refractivity contribution in [1.29, 1.82) is 0 Å². The standard InChI is InChI=1S/C15H28N4O6S2/c1-6(2)10(16)13(22)19-11(7(3)20)14(23)17-8(4-26)12(21)18-9(5-27)15(24)25/h6-11,20,26-27H,4-5,16H2,1-3H3,(H,17,23)(H,18,21)(H,19,22)(H,24,25). The van der Waals surface area contributed by atoms with Gasteiger partial charge >= 0.3 is 5.97 Å². The Morgan fingerprint density at radius 2 is 1.37 bits per heavy atom. The fourth-order valence-electron chi connectivity index (χ4n) is 1.87. The van der Waals surface area contributed by atoms with Gasteiger partial charge in [0.15, 0.2) is 0 Å². The molecule has 0 saturated heterocycles. The third kappa shape index (κ3) is 8.37. The summed E-state index contributed by atoms with van der Waals surface area (Å²) in [5.41, 5.74) is 5.72. The van der Waals surface area contributed by atoms with Gasteiger partial charge < -0.3 is 31.9 Å². The molecule has 27 heavy (non-hydrogen) atoms. The van der Waals surface area contributed by atoms with Gasteiger partial charge in [-0.15, -0.1) is 0 Å². The van der Waals surface area contributed by atoms with Crippen LogP contribution in [0.25, 0.3) is 0 Å². The smallest absolute Gasteiger partial charge is 0.327 e. The van der Waals surface area contributed by atoms with E-state index in [1.54, 1.807) is 13.8 Å². The Bertz CT molecular complexity index is 546. The van der Waals surface area contributed by atoms with Gasteiger partial charge in [-0.05, 0) is 12.8 Å². The summed E-state index contributed by atoms with van der Waals surface area (Å²) in [6.07, 6.45) is -1.26. The van der Waals surface area contributed by atoms with Gasteiger partial charge in [-0.2, -0.15) is 25.3 Å². The molecule has 3 amide bonds. The number of carboxylic acids is 1. The summed E-state index contributed by atoms with van der Waals surface area (Å²) in [5, 5.41) is 25.7. The van der Waals surface area contributed by atoms with E-state index in [0.717, 1.165) is 0 Å². The molecule has 5 unspecified atom stereocenters. The van der Waals surface area contributed by atoms with Crippen molar-refractivity contribution in [3.05, 3.63) is 0 Å². The number of nitrogens with one attached hydrogen (secondary N) is 3. The molecular formula is C15H28N4O6S2. The molecule has 0 rings (SSSR count). The van der Waals surface area contributed by atoms with Crippen LogP contribution in [-0.2, 0) is 19.2 Å². The topological polar surface area (TPSA) is 171 Å². The number of aliphatic carboxylic acids is 1. The van der Waals surface area contributed by atoms with Gasteiger partial charge in [0.2, 0.25) is 17.7 Å². The van der Waals surface area contributed by atoms with E-state index < -0.39 is 54.0 Å². The highest BCUT2D eigenvalue weighted by atomic mass is 32.1. The minimum atomic E-state index is -1.35. The Balaban J connectivity index is 5.10. The maximum absolute atomic E-state index is 12.4. The van der Waals surface area contributed by atoms with Gasteiger partial charge in [-0.25, -0.2) is 4.79 Å². The zero-order chi connectivity index (χ0) is 21.3. The fraction of sp³-hybridized carbons (Fsp3) is 0.733. The number of carbonyl (C=O) groups is 4. The highest BCUT2D eigenvalue weighted by Gasteiger charge is 2.32. The monoisotopic (exact) mass is 424 g/mol. The second kappa shape index (κ2) is 12.1. The van der Waals surface area contributed by atoms with Gasteiger partial charge in [0.05, 0.1) is 12.1 Å². The Labute approximate surface area is 168 Å². The molecule has 0 heterocycles. The van der Waals surface area contributed by atoms with Crippen molar-refractivity contribution in [1.82, 2.24) is 16.0 Å². The van der Waals surface area contributed by atoms with Crippen LogP contribution in [0.5, 0.6) is 0 Å². The van der Waals surface area contributed by atoms with Crippen LogP contribution in [-0.4, -0.2) is 75.7 Å². The summed E-state index contributed by atoms with van der Waals surface area (Å²) in [6, 6.07) is -4.65. The molecule has 0 saturated carbocycles. The molecule has 0 aromatic heterocycles. The highest BCUT2D eigenvalue weighted by Crippen LogP contribution is 2.02. The average Bonchev–Trinajstić information content (AvgIpc) is 2.59. The fourth-order valence-corrected chi connectivity index (χ4v) is 2.38. The van der Waals surface area contributed by atoms with E-state index in [2.05, 4.69) is 41.2 Å². The number of amides is 3. The van der Waals surface area contributed by atoms with Gasteiger partial charge in [-0.1, -0.05) is 13.8 Å². The molecule has 0 aliphatic heterocycles. The van der Waals surface area contributed by atoms with Crippen LogP contribution in [0.3, 0.4) is 0 Å². The van der Waals surface area contributed by atoms with Crippen molar-refractivity contribution in [2.75, 3.05) is 11.5 Å². The van der Waals surface area contributed by atoms with Crippen LogP contribution in [0.1, 0.15) is 20.8 Å². The second-order valence-electron chi connectivity index (χ2n) is 6.32. The first-order valence-corrected chi connectivity index (χ1v) is 9.51. The van der Waals surface area contributed by atoms with E-state index in [1.165, 1.54) is 6.92 Å². The summed E-state index contributed by atoms with van der Waals surface area (Å²) < 4.78 is 0. The first-order valence-electron chi connectivity index (χ1n) is 8.25. The zero-order valence-corrected chi connectivity index (χ0v) is 17.2. The Morgan fingerprint density at radius 3 is 1.74 bits per heavy atom. The normalized spacial score (nSPS) is 16.6. The maximum Gasteiger partial charge on any atom is 0.327 e. The van der Waals surface area contributed by atoms with Gasteiger partial charge in [-0.3, -0.25) is 14.4 Å². The largest absolute Gasteiger partial charge is 0.480 e. The maximum atomic E-state index is 12.4. The first-order chi connectivity index (χ1) is 12.5. The number of hydrogen-bond acceptors (Lipinski definition) is 8. The van der Waals surface area contributed by atoms with Gasteiger partial charge in [0, 0.05) is 11.5 Å². The van der Waals surface area contributed by atoms with E-state index in [0.29, 0.717) is 0 Å². The number of aliphatic hydroxyl groups is 1. The number of nitrogens with two attached hydrogens (primary N) is 1.